The summed E-state index contributed by atoms with van der Waals surface area (Å²) in [5.41, 5.74) is 12.1. The van der Waals surface area contributed by atoms with Crippen LogP contribution in [-0.4, -0.2) is 9.13 Å². The van der Waals surface area contributed by atoms with E-state index in [0.29, 0.717) is 0 Å². The SMILES string of the molecule is c1ccc(-n2c3ccccc3c3cc(-c4ccc5c(c4)c4c(-c6cccc7ccccc67)cccc4n5-c4ccccc4)ccc32)cc1. The first-order valence-electron chi connectivity index (χ1n) is 16.5. The lowest BCUT2D eigenvalue weighted by Gasteiger charge is -2.10. The summed E-state index contributed by atoms with van der Waals surface area (Å²) in [6.07, 6.45) is 0. The standard InChI is InChI=1S/C46H30N2/c1-3-15-34(16-4-1)47-42-23-10-9-20-38(42)40-29-32(25-27-43(40)47)33-26-28-44-41(30-33)46-39(37-21-11-14-31-13-7-8-19-36(31)37)22-12-24-45(46)48(44)35-17-5-2-6-18-35/h1-30H. The molecular weight excluding hydrogens is 581 g/mol. The molecule has 2 nitrogen and oxygen atoms in total. The Morgan fingerprint density at radius 1 is 0.292 bits per heavy atom. The zero-order valence-corrected chi connectivity index (χ0v) is 26.2. The van der Waals surface area contributed by atoms with Crippen molar-refractivity contribution in [3.05, 3.63) is 182 Å². The maximum absolute atomic E-state index is 2.42. The molecule has 0 radical (unpaired) electrons. The van der Waals surface area contributed by atoms with Crippen LogP contribution in [0, 0.1) is 0 Å². The van der Waals surface area contributed by atoms with E-state index in [-0.39, 0.29) is 0 Å². The average molecular weight is 611 g/mol. The van der Waals surface area contributed by atoms with Gasteiger partial charge in [-0.05, 0) is 93.7 Å². The normalized spacial score (nSPS) is 11.8. The van der Waals surface area contributed by atoms with Crippen molar-refractivity contribution >= 4 is 54.4 Å². The molecule has 2 heteroatoms. The molecule has 10 aromatic rings. The molecule has 224 valence electrons. The molecule has 0 N–H and O–H groups in total. The van der Waals surface area contributed by atoms with E-state index in [0.717, 1.165) is 5.69 Å². The second-order valence-corrected chi connectivity index (χ2v) is 12.5. The summed E-state index contributed by atoms with van der Waals surface area (Å²) in [5.74, 6) is 0. The van der Waals surface area contributed by atoms with Crippen molar-refractivity contribution in [3.63, 3.8) is 0 Å². The molecule has 2 heterocycles. The molecule has 48 heavy (non-hydrogen) atoms. The summed E-state index contributed by atoms with van der Waals surface area (Å²) in [5, 5.41) is 7.57. The van der Waals surface area contributed by atoms with E-state index in [4.69, 9.17) is 0 Å². The van der Waals surface area contributed by atoms with Crippen LogP contribution >= 0.6 is 0 Å². The summed E-state index contributed by atoms with van der Waals surface area (Å²) >= 11 is 0. The van der Waals surface area contributed by atoms with Crippen LogP contribution in [0.5, 0.6) is 0 Å². The number of hydrogen-bond donors (Lipinski definition) is 0. The topological polar surface area (TPSA) is 9.86 Å². The Morgan fingerprint density at radius 3 is 1.54 bits per heavy atom. The quantitative estimate of drug-likeness (QED) is 0.188. The largest absolute Gasteiger partial charge is 0.309 e. The maximum Gasteiger partial charge on any atom is 0.0547 e. The van der Waals surface area contributed by atoms with Gasteiger partial charge in [-0.1, -0.05) is 121 Å². The second-order valence-electron chi connectivity index (χ2n) is 12.5. The smallest absolute Gasteiger partial charge is 0.0547 e. The first-order chi connectivity index (χ1) is 23.8. The van der Waals surface area contributed by atoms with Gasteiger partial charge in [0.05, 0.1) is 22.1 Å². The van der Waals surface area contributed by atoms with Crippen molar-refractivity contribution in [1.29, 1.82) is 0 Å². The Labute approximate surface area is 278 Å². The number of para-hydroxylation sites is 3. The van der Waals surface area contributed by atoms with Gasteiger partial charge in [-0.2, -0.15) is 0 Å². The molecule has 0 aliphatic rings. The highest BCUT2D eigenvalue weighted by molar-refractivity contribution is 6.19. The van der Waals surface area contributed by atoms with Gasteiger partial charge in [0.25, 0.3) is 0 Å². The van der Waals surface area contributed by atoms with Gasteiger partial charge in [-0.3, -0.25) is 0 Å². The predicted molar refractivity (Wildman–Crippen MR) is 203 cm³/mol. The highest BCUT2D eigenvalue weighted by Gasteiger charge is 2.19. The zero-order chi connectivity index (χ0) is 31.6. The number of nitrogens with zero attached hydrogens (tertiary/aromatic N) is 2. The summed E-state index contributed by atoms with van der Waals surface area (Å²) in [4.78, 5) is 0. The van der Waals surface area contributed by atoms with Gasteiger partial charge in [0, 0.05) is 32.9 Å². The van der Waals surface area contributed by atoms with E-state index in [1.807, 2.05) is 0 Å². The molecular formula is C46H30N2. The number of fused-ring (bicyclic) bond motifs is 7. The number of hydrogen-bond acceptors (Lipinski definition) is 0. The van der Waals surface area contributed by atoms with Crippen LogP contribution in [0.2, 0.25) is 0 Å². The van der Waals surface area contributed by atoms with Crippen molar-refractivity contribution in [2.75, 3.05) is 0 Å². The highest BCUT2D eigenvalue weighted by atomic mass is 15.0. The number of rotatable bonds is 4. The fourth-order valence-corrected chi connectivity index (χ4v) is 7.80. The highest BCUT2D eigenvalue weighted by Crippen LogP contribution is 2.42. The Bertz CT molecular complexity index is 2810. The molecule has 0 bridgehead atoms. The molecule has 0 fully saturated rings. The summed E-state index contributed by atoms with van der Waals surface area (Å²) < 4.78 is 4.79. The molecule has 2 aromatic heterocycles. The molecule has 0 atom stereocenters. The fourth-order valence-electron chi connectivity index (χ4n) is 7.80. The van der Waals surface area contributed by atoms with Crippen LogP contribution in [0.1, 0.15) is 0 Å². The van der Waals surface area contributed by atoms with Crippen molar-refractivity contribution in [1.82, 2.24) is 9.13 Å². The van der Waals surface area contributed by atoms with Gasteiger partial charge < -0.3 is 9.13 Å². The van der Waals surface area contributed by atoms with Gasteiger partial charge in [0.1, 0.15) is 0 Å². The first-order valence-corrected chi connectivity index (χ1v) is 16.5. The van der Waals surface area contributed by atoms with E-state index < -0.39 is 0 Å². The van der Waals surface area contributed by atoms with Crippen LogP contribution in [0.4, 0.5) is 0 Å². The van der Waals surface area contributed by atoms with Crippen LogP contribution in [0.15, 0.2) is 182 Å². The summed E-state index contributed by atoms with van der Waals surface area (Å²) in [7, 11) is 0. The van der Waals surface area contributed by atoms with Crippen molar-refractivity contribution in [2.24, 2.45) is 0 Å². The van der Waals surface area contributed by atoms with Gasteiger partial charge in [0.15, 0.2) is 0 Å². The molecule has 0 unspecified atom stereocenters. The molecule has 0 aliphatic carbocycles. The average Bonchev–Trinajstić information content (AvgIpc) is 3.67. The van der Waals surface area contributed by atoms with Gasteiger partial charge in [-0.25, -0.2) is 0 Å². The minimum absolute atomic E-state index is 1.16. The predicted octanol–water partition coefficient (Wildman–Crippen LogP) is 12.4. The van der Waals surface area contributed by atoms with E-state index in [2.05, 4.69) is 191 Å². The lowest BCUT2D eigenvalue weighted by Crippen LogP contribution is -1.93. The Morgan fingerprint density at radius 2 is 0.792 bits per heavy atom. The van der Waals surface area contributed by atoms with Gasteiger partial charge in [-0.15, -0.1) is 0 Å². The van der Waals surface area contributed by atoms with Crippen molar-refractivity contribution < 1.29 is 0 Å². The van der Waals surface area contributed by atoms with Crippen LogP contribution in [0.3, 0.4) is 0 Å². The molecule has 0 aliphatic heterocycles. The summed E-state index contributed by atoms with van der Waals surface area (Å²) in [6, 6.07) is 66.2. The Balaban J connectivity index is 1.25. The molecule has 0 saturated heterocycles. The van der Waals surface area contributed by atoms with Crippen LogP contribution in [0.25, 0.3) is 88.0 Å². The Hall–Kier alpha value is -6.38. The van der Waals surface area contributed by atoms with Gasteiger partial charge >= 0.3 is 0 Å². The Kier molecular flexibility index (Phi) is 5.91. The van der Waals surface area contributed by atoms with Crippen molar-refractivity contribution in [3.8, 4) is 33.6 Å². The molecule has 0 amide bonds. The maximum atomic E-state index is 2.42. The van der Waals surface area contributed by atoms with Crippen molar-refractivity contribution in [2.45, 2.75) is 0 Å². The third-order valence-electron chi connectivity index (χ3n) is 9.90. The minimum Gasteiger partial charge on any atom is -0.309 e. The fraction of sp³-hybridized carbons (Fsp3) is 0. The third-order valence-corrected chi connectivity index (χ3v) is 9.90. The summed E-state index contributed by atoms with van der Waals surface area (Å²) in [6.45, 7) is 0. The van der Waals surface area contributed by atoms with E-state index >= 15 is 0 Å². The lowest BCUT2D eigenvalue weighted by molar-refractivity contribution is 1.18. The van der Waals surface area contributed by atoms with E-state index in [9.17, 15) is 0 Å². The van der Waals surface area contributed by atoms with Crippen LogP contribution in [-0.2, 0) is 0 Å². The van der Waals surface area contributed by atoms with Crippen LogP contribution < -0.4 is 0 Å². The zero-order valence-electron chi connectivity index (χ0n) is 26.2. The molecule has 0 spiro atoms. The van der Waals surface area contributed by atoms with E-state index in [1.54, 1.807) is 0 Å². The van der Waals surface area contributed by atoms with Gasteiger partial charge in [0.2, 0.25) is 0 Å². The lowest BCUT2D eigenvalue weighted by atomic mass is 9.94. The second kappa shape index (κ2) is 10.6. The third kappa shape index (κ3) is 4.00. The first kappa shape index (κ1) is 26.8. The number of aromatic nitrogens is 2. The molecule has 10 rings (SSSR count). The monoisotopic (exact) mass is 610 g/mol. The number of benzene rings is 8. The van der Waals surface area contributed by atoms with E-state index in [1.165, 1.54) is 82.3 Å². The molecule has 0 saturated carbocycles. The minimum atomic E-state index is 1.16. The molecule has 8 aromatic carbocycles.